The molecule has 1 aromatic carbocycles. The van der Waals surface area contributed by atoms with Gasteiger partial charge in [0.25, 0.3) is 0 Å². The molecule has 1 aliphatic carbocycles. The summed E-state index contributed by atoms with van der Waals surface area (Å²) >= 11 is 0. The van der Waals surface area contributed by atoms with Crippen LogP contribution in [0.3, 0.4) is 0 Å². The minimum absolute atomic E-state index is 0.254. The van der Waals surface area contributed by atoms with E-state index in [4.69, 9.17) is 4.74 Å². The number of esters is 1. The molecule has 1 saturated carbocycles. The van der Waals surface area contributed by atoms with Gasteiger partial charge in [-0.25, -0.2) is 18.3 Å². The Hall–Kier alpha value is -1.67. The fourth-order valence-corrected chi connectivity index (χ4v) is 3.20. The zero-order chi connectivity index (χ0) is 18.7. The van der Waals surface area contributed by atoms with E-state index >= 15 is 0 Å². The normalized spacial score (nSPS) is 17.4. The van der Waals surface area contributed by atoms with E-state index in [9.17, 15) is 31.3 Å². The van der Waals surface area contributed by atoms with Gasteiger partial charge in [0.15, 0.2) is 0 Å². The number of ether oxygens (including phenoxy) is 1. The predicted molar refractivity (Wildman–Crippen MR) is 76.8 cm³/mol. The fraction of sp³-hybridized carbons (Fsp3) is 0.500. The van der Waals surface area contributed by atoms with Gasteiger partial charge in [-0.3, -0.25) is 9.36 Å². The van der Waals surface area contributed by atoms with Crippen LogP contribution in [-0.4, -0.2) is 18.1 Å². The Labute approximate surface area is 140 Å². The standard InChI is InChI=1S/C14H15F5NO4P/c1-6(14(21)23-7-4-2-3-5-7)20-25(22)24-13-11(18)9(16)8(15)10(17)12(13)19/h6-7,25H,2-5H2,1H3,(H,20,22)/t6-/m0/s1. The third-order valence-electron chi connectivity index (χ3n) is 3.64. The van der Waals surface area contributed by atoms with Crippen molar-refractivity contribution in [2.24, 2.45) is 0 Å². The van der Waals surface area contributed by atoms with Crippen LogP contribution in [0.2, 0.25) is 0 Å². The number of hydrogen-bond acceptors (Lipinski definition) is 4. The second kappa shape index (κ2) is 8.14. The first-order valence-corrected chi connectivity index (χ1v) is 8.74. The number of nitrogens with one attached hydrogen (secondary N) is 1. The summed E-state index contributed by atoms with van der Waals surface area (Å²) in [5.41, 5.74) is 0. The van der Waals surface area contributed by atoms with E-state index in [1.807, 2.05) is 0 Å². The Balaban J connectivity index is 2.01. The van der Waals surface area contributed by atoms with Crippen molar-refractivity contribution in [3.05, 3.63) is 29.1 Å². The van der Waals surface area contributed by atoms with E-state index < -0.39 is 55.0 Å². The van der Waals surface area contributed by atoms with Crippen LogP contribution >= 0.6 is 8.18 Å². The number of carbonyl (C=O) groups is 1. The third-order valence-corrected chi connectivity index (χ3v) is 4.70. The van der Waals surface area contributed by atoms with Gasteiger partial charge < -0.3 is 9.26 Å². The number of hydrogen-bond donors (Lipinski definition) is 1. The topological polar surface area (TPSA) is 64.6 Å². The molecule has 0 radical (unpaired) electrons. The first-order valence-electron chi connectivity index (χ1n) is 7.42. The Morgan fingerprint density at radius 1 is 1.04 bits per heavy atom. The van der Waals surface area contributed by atoms with E-state index in [1.165, 1.54) is 6.92 Å². The highest BCUT2D eigenvalue weighted by molar-refractivity contribution is 7.37. The Morgan fingerprint density at radius 3 is 2.04 bits per heavy atom. The summed E-state index contributed by atoms with van der Waals surface area (Å²) < 4.78 is 87.1. The van der Waals surface area contributed by atoms with Crippen LogP contribution < -0.4 is 9.61 Å². The lowest BCUT2D eigenvalue weighted by Gasteiger charge is -2.17. The van der Waals surface area contributed by atoms with Crippen molar-refractivity contribution in [1.82, 2.24) is 5.09 Å². The van der Waals surface area contributed by atoms with Crippen LogP contribution in [0.4, 0.5) is 22.0 Å². The monoisotopic (exact) mass is 387 g/mol. The fourth-order valence-electron chi connectivity index (χ4n) is 2.30. The minimum atomic E-state index is -3.54. The number of rotatable bonds is 6. The Morgan fingerprint density at radius 2 is 1.52 bits per heavy atom. The Kier molecular flexibility index (Phi) is 6.40. The maximum Gasteiger partial charge on any atom is 0.323 e. The van der Waals surface area contributed by atoms with Gasteiger partial charge in [-0.15, -0.1) is 0 Å². The van der Waals surface area contributed by atoms with Crippen LogP contribution in [0, 0.1) is 29.1 Å². The van der Waals surface area contributed by atoms with Crippen molar-refractivity contribution in [3.8, 4) is 5.75 Å². The number of benzene rings is 1. The molecule has 1 aromatic rings. The van der Waals surface area contributed by atoms with Gasteiger partial charge in [0.2, 0.25) is 34.8 Å². The second-order valence-electron chi connectivity index (χ2n) is 5.50. The van der Waals surface area contributed by atoms with Crippen molar-refractivity contribution in [1.29, 1.82) is 0 Å². The van der Waals surface area contributed by atoms with Crippen LogP contribution in [0.25, 0.3) is 0 Å². The second-order valence-corrected chi connectivity index (χ2v) is 6.57. The van der Waals surface area contributed by atoms with Crippen molar-refractivity contribution in [2.75, 3.05) is 0 Å². The molecular weight excluding hydrogens is 372 g/mol. The summed E-state index contributed by atoms with van der Waals surface area (Å²) in [6, 6.07) is -1.16. The van der Waals surface area contributed by atoms with E-state index in [-0.39, 0.29) is 6.10 Å². The Bertz CT molecular complexity index is 667. The lowest BCUT2D eigenvalue weighted by Crippen LogP contribution is -2.33. The molecule has 5 nitrogen and oxygen atoms in total. The van der Waals surface area contributed by atoms with Gasteiger partial charge in [-0.1, -0.05) is 0 Å². The molecule has 1 N–H and O–H groups in total. The minimum Gasteiger partial charge on any atom is -0.461 e. The molecule has 1 fully saturated rings. The van der Waals surface area contributed by atoms with Gasteiger partial charge in [-0.2, -0.15) is 8.78 Å². The quantitative estimate of drug-likeness (QED) is 0.266. The summed E-state index contributed by atoms with van der Waals surface area (Å²) in [4.78, 5) is 11.8. The number of carbonyl (C=O) groups excluding carboxylic acids is 1. The van der Waals surface area contributed by atoms with Crippen molar-refractivity contribution >= 4 is 14.1 Å². The SMILES string of the molecule is C[C@H](N[PH](=O)Oc1c(F)c(F)c(F)c(F)c1F)C(=O)OC1CCCC1. The van der Waals surface area contributed by atoms with Crippen LogP contribution in [-0.2, 0) is 14.1 Å². The van der Waals surface area contributed by atoms with Gasteiger partial charge in [0.05, 0.1) is 0 Å². The molecule has 2 atom stereocenters. The summed E-state index contributed by atoms with van der Waals surface area (Å²) in [7, 11) is -3.54. The zero-order valence-corrected chi connectivity index (χ0v) is 14.0. The van der Waals surface area contributed by atoms with Crippen molar-refractivity contribution in [2.45, 2.75) is 44.8 Å². The lowest BCUT2D eigenvalue weighted by molar-refractivity contribution is -0.150. The predicted octanol–water partition coefficient (Wildman–Crippen LogP) is 3.61. The molecule has 1 unspecified atom stereocenters. The maximum atomic E-state index is 13.4. The average Bonchev–Trinajstić information content (AvgIpc) is 3.08. The largest absolute Gasteiger partial charge is 0.461 e. The molecule has 0 aromatic heterocycles. The molecular formula is C14H15F5NO4P. The maximum absolute atomic E-state index is 13.4. The molecule has 2 rings (SSSR count). The summed E-state index contributed by atoms with van der Waals surface area (Å²) in [6.45, 7) is 1.27. The first-order chi connectivity index (χ1) is 11.7. The molecule has 0 bridgehead atoms. The van der Waals surface area contributed by atoms with Crippen LogP contribution in [0.1, 0.15) is 32.6 Å². The molecule has 1 aliphatic rings. The molecule has 0 aliphatic heterocycles. The van der Waals surface area contributed by atoms with Gasteiger partial charge in [-0.05, 0) is 32.6 Å². The highest BCUT2D eigenvalue weighted by Crippen LogP contribution is 2.34. The summed E-state index contributed by atoms with van der Waals surface area (Å²) in [5.74, 6) is -13.7. The molecule has 25 heavy (non-hydrogen) atoms. The molecule has 0 amide bonds. The zero-order valence-electron chi connectivity index (χ0n) is 13.0. The van der Waals surface area contributed by atoms with Gasteiger partial charge in [0.1, 0.15) is 12.1 Å². The molecule has 11 heteroatoms. The summed E-state index contributed by atoms with van der Waals surface area (Å²) in [6.07, 6.45) is 2.98. The van der Waals surface area contributed by atoms with Gasteiger partial charge >= 0.3 is 14.1 Å². The van der Waals surface area contributed by atoms with Crippen molar-refractivity contribution in [3.63, 3.8) is 0 Å². The molecule has 140 valence electrons. The molecule has 0 spiro atoms. The van der Waals surface area contributed by atoms with E-state index in [0.717, 1.165) is 12.8 Å². The highest BCUT2D eigenvalue weighted by atomic mass is 31.1. The lowest BCUT2D eigenvalue weighted by atomic mass is 10.3. The van der Waals surface area contributed by atoms with E-state index in [0.29, 0.717) is 12.8 Å². The average molecular weight is 387 g/mol. The smallest absolute Gasteiger partial charge is 0.323 e. The van der Waals surface area contributed by atoms with Crippen molar-refractivity contribution < 1.29 is 40.6 Å². The number of halogens is 5. The van der Waals surface area contributed by atoms with E-state index in [2.05, 4.69) is 9.61 Å². The highest BCUT2D eigenvalue weighted by Gasteiger charge is 2.29. The van der Waals surface area contributed by atoms with Gasteiger partial charge in [0, 0.05) is 0 Å². The first kappa shape index (κ1) is 19.7. The third kappa shape index (κ3) is 4.49. The molecule has 0 heterocycles. The van der Waals surface area contributed by atoms with Crippen LogP contribution in [0.15, 0.2) is 0 Å². The van der Waals surface area contributed by atoms with E-state index in [1.54, 1.807) is 0 Å². The summed E-state index contributed by atoms with van der Waals surface area (Å²) in [5, 5.41) is 2.09. The molecule has 0 saturated heterocycles. The van der Waals surface area contributed by atoms with Crippen LogP contribution in [0.5, 0.6) is 5.75 Å².